The van der Waals surface area contributed by atoms with E-state index in [4.69, 9.17) is 0 Å². The fourth-order valence-electron chi connectivity index (χ4n) is 3.13. The first-order valence-corrected chi connectivity index (χ1v) is 9.62. The number of aliphatic hydroxyl groups is 1. The molecule has 3 rings (SSSR count). The molecule has 0 amide bonds. The zero-order valence-electron chi connectivity index (χ0n) is 16.8. The van der Waals surface area contributed by atoms with Crippen molar-refractivity contribution in [3.63, 3.8) is 0 Å². The van der Waals surface area contributed by atoms with Crippen LogP contribution in [0.5, 0.6) is 5.75 Å². The summed E-state index contributed by atoms with van der Waals surface area (Å²) >= 11 is 0. The predicted octanol–water partition coefficient (Wildman–Crippen LogP) is 3.04. The number of anilines is 2. The minimum atomic E-state index is -0.527. The number of hydrogen-bond donors (Lipinski definition) is 4. The van der Waals surface area contributed by atoms with Crippen LogP contribution in [0.2, 0.25) is 0 Å². The Balaban J connectivity index is 1.95. The van der Waals surface area contributed by atoms with Crippen LogP contribution in [0.25, 0.3) is 11.2 Å². The summed E-state index contributed by atoms with van der Waals surface area (Å²) in [5.74, 6) is 1.26. The lowest BCUT2D eigenvalue weighted by molar-refractivity contribution is 0.169. The van der Waals surface area contributed by atoms with Crippen LogP contribution in [0.15, 0.2) is 24.5 Å². The molecule has 4 N–H and O–H groups in total. The fourth-order valence-corrected chi connectivity index (χ4v) is 3.13. The number of benzene rings is 1. The van der Waals surface area contributed by atoms with E-state index < -0.39 is 6.10 Å². The van der Waals surface area contributed by atoms with E-state index in [1.165, 1.54) is 0 Å². The molecular formula is C20H28N6O2. The number of aliphatic hydroxyl groups excluding tert-OH is 1. The van der Waals surface area contributed by atoms with Crippen molar-refractivity contribution in [3.05, 3.63) is 35.7 Å². The maximum Gasteiger partial charge on any atom is 0.227 e. The lowest BCUT2D eigenvalue weighted by atomic mass is 10.1. The van der Waals surface area contributed by atoms with E-state index in [1.807, 2.05) is 37.5 Å². The first-order valence-electron chi connectivity index (χ1n) is 9.62. The number of imidazole rings is 1. The SMILES string of the molecule is CCC(Nc1nc(NCc2cc(C)ccc2O)c2ncn(CC)c2n1)C(C)O. The number of nitrogens with zero attached hydrogens (tertiary/aromatic N) is 4. The van der Waals surface area contributed by atoms with Gasteiger partial charge in [-0.05, 0) is 33.3 Å². The second kappa shape index (κ2) is 8.43. The Morgan fingerprint density at radius 1 is 1.21 bits per heavy atom. The van der Waals surface area contributed by atoms with Crippen molar-refractivity contribution in [1.82, 2.24) is 19.5 Å². The molecule has 0 aliphatic rings. The molecular weight excluding hydrogens is 356 g/mol. The zero-order valence-corrected chi connectivity index (χ0v) is 16.8. The zero-order chi connectivity index (χ0) is 20.3. The van der Waals surface area contributed by atoms with Crippen molar-refractivity contribution in [1.29, 1.82) is 0 Å². The van der Waals surface area contributed by atoms with Gasteiger partial charge in [0, 0.05) is 18.7 Å². The van der Waals surface area contributed by atoms with E-state index in [9.17, 15) is 10.2 Å². The number of aromatic hydroxyl groups is 1. The molecule has 8 heteroatoms. The van der Waals surface area contributed by atoms with Gasteiger partial charge in [0.25, 0.3) is 0 Å². The van der Waals surface area contributed by atoms with Crippen LogP contribution in [0.1, 0.15) is 38.3 Å². The molecule has 28 heavy (non-hydrogen) atoms. The van der Waals surface area contributed by atoms with Crippen molar-refractivity contribution >= 4 is 22.9 Å². The van der Waals surface area contributed by atoms with Crippen molar-refractivity contribution in [3.8, 4) is 5.75 Å². The van der Waals surface area contributed by atoms with Gasteiger partial charge in [0.2, 0.25) is 5.95 Å². The number of nitrogens with one attached hydrogen (secondary N) is 2. The van der Waals surface area contributed by atoms with Crippen molar-refractivity contribution < 1.29 is 10.2 Å². The van der Waals surface area contributed by atoms with Gasteiger partial charge in [-0.3, -0.25) is 0 Å². The third-order valence-corrected chi connectivity index (χ3v) is 4.82. The molecule has 0 aliphatic carbocycles. The standard InChI is InChI=1S/C20H28N6O2/c1-5-15(13(4)27)23-20-24-18(17-19(25-20)26(6-2)11-22-17)21-10-14-9-12(3)7-8-16(14)28/h7-9,11,13,15,27-28H,5-6,10H2,1-4H3,(H2,21,23,24,25). The highest BCUT2D eigenvalue weighted by atomic mass is 16.3. The summed E-state index contributed by atoms with van der Waals surface area (Å²) in [5, 5.41) is 26.5. The molecule has 0 fully saturated rings. The molecule has 150 valence electrons. The quantitative estimate of drug-likeness (QED) is 0.473. The van der Waals surface area contributed by atoms with Crippen LogP contribution in [0.4, 0.5) is 11.8 Å². The van der Waals surface area contributed by atoms with Crippen molar-refractivity contribution in [2.24, 2.45) is 0 Å². The lowest BCUT2D eigenvalue weighted by Crippen LogP contribution is -2.31. The average molecular weight is 384 g/mol. The third kappa shape index (κ3) is 4.17. The molecule has 0 saturated carbocycles. The van der Waals surface area contributed by atoms with Gasteiger partial charge >= 0.3 is 0 Å². The highest BCUT2D eigenvalue weighted by molar-refractivity contribution is 5.84. The third-order valence-electron chi connectivity index (χ3n) is 4.82. The van der Waals surface area contributed by atoms with Gasteiger partial charge < -0.3 is 25.4 Å². The van der Waals surface area contributed by atoms with E-state index in [2.05, 4.69) is 25.6 Å². The largest absolute Gasteiger partial charge is 0.508 e. The fraction of sp³-hybridized carbons (Fsp3) is 0.450. The molecule has 8 nitrogen and oxygen atoms in total. The van der Waals surface area contributed by atoms with Gasteiger partial charge in [-0.1, -0.05) is 24.6 Å². The molecule has 2 heterocycles. The number of aryl methyl sites for hydroxylation is 2. The van der Waals surface area contributed by atoms with Crippen LogP contribution in [0, 0.1) is 6.92 Å². The lowest BCUT2D eigenvalue weighted by Gasteiger charge is -2.20. The number of hydrogen-bond acceptors (Lipinski definition) is 7. The molecule has 0 aliphatic heterocycles. The van der Waals surface area contributed by atoms with E-state index in [1.54, 1.807) is 19.3 Å². The Labute approximate surface area is 164 Å². The topological polar surface area (TPSA) is 108 Å². The molecule has 0 bridgehead atoms. The van der Waals surface area contributed by atoms with E-state index in [-0.39, 0.29) is 11.8 Å². The normalized spacial score (nSPS) is 13.5. The summed E-state index contributed by atoms with van der Waals surface area (Å²) in [7, 11) is 0. The number of aromatic nitrogens is 4. The monoisotopic (exact) mass is 384 g/mol. The first kappa shape index (κ1) is 19.9. The molecule has 0 spiro atoms. The maximum absolute atomic E-state index is 10.1. The first-order chi connectivity index (χ1) is 13.4. The second-order valence-electron chi connectivity index (χ2n) is 6.98. The number of phenols is 1. The summed E-state index contributed by atoms with van der Waals surface area (Å²) in [6.45, 7) is 8.90. The average Bonchev–Trinajstić information content (AvgIpc) is 3.09. The predicted molar refractivity (Wildman–Crippen MR) is 111 cm³/mol. The molecule has 1 aromatic carbocycles. The number of rotatable bonds is 8. The summed E-state index contributed by atoms with van der Waals surface area (Å²) in [6, 6.07) is 5.34. The van der Waals surface area contributed by atoms with Gasteiger partial charge in [0.1, 0.15) is 5.75 Å². The highest BCUT2D eigenvalue weighted by Crippen LogP contribution is 2.24. The van der Waals surface area contributed by atoms with Crippen LogP contribution in [-0.2, 0) is 13.1 Å². The van der Waals surface area contributed by atoms with Crippen LogP contribution in [0.3, 0.4) is 0 Å². The summed E-state index contributed by atoms with van der Waals surface area (Å²) in [5.41, 5.74) is 3.25. The minimum Gasteiger partial charge on any atom is -0.508 e. The molecule has 0 radical (unpaired) electrons. The van der Waals surface area contributed by atoms with E-state index >= 15 is 0 Å². The van der Waals surface area contributed by atoms with Gasteiger partial charge in [-0.25, -0.2) is 4.98 Å². The summed E-state index contributed by atoms with van der Waals surface area (Å²) in [4.78, 5) is 13.6. The van der Waals surface area contributed by atoms with Crippen molar-refractivity contribution in [2.45, 2.75) is 59.4 Å². The second-order valence-corrected chi connectivity index (χ2v) is 6.98. The Morgan fingerprint density at radius 2 is 2.00 bits per heavy atom. The smallest absolute Gasteiger partial charge is 0.227 e. The molecule has 3 aromatic rings. The van der Waals surface area contributed by atoms with Gasteiger partial charge in [-0.15, -0.1) is 0 Å². The number of fused-ring (bicyclic) bond motifs is 1. The molecule has 2 unspecified atom stereocenters. The van der Waals surface area contributed by atoms with Gasteiger partial charge in [-0.2, -0.15) is 9.97 Å². The number of phenolic OH excluding ortho intramolecular Hbond substituents is 1. The summed E-state index contributed by atoms with van der Waals surface area (Å²) < 4.78 is 1.95. The Bertz CT molecular complexity index is 953. The van der Waals surface area contributed by atoms with E-state index in [0.717, 1.165) is 29.7 Å². The van der Waals surface area contributed by atoms with Gasteiger partial charge in [0.05, 0.1) is 18.5 Å². The molecule has 0 saturated heterocycles. The van der Waals surface area contributed by atoms with Crippen molar-refractivity contribution in [2.75, 3.05) is 10.6 Å². The molecule has 2 atom stereocenters. The van der Waals surface area contributed by atoms with Crippen LogP contribution in [-0.4, -0.2) is 41.9 Å². The van der Waals surface area contributed by atoms with E-state index in [0.29, 0.717) is 23.8 Å². The Morgan fingerprint density at radius 3 is 2.68 bits per heavy atom. The minimum absolute atomic E-state index is 0.149. The summed E-state index contributed by atoms with van der Waals surface area (Å²) in [6.07, 6.45) is 1.96. The Kier molecular flexibility index (Phi) is 5.99. The Hall–Kier alpha value is -2.87. The molecule has 2 aromatic heterocycles. The highest BCUT2D eigenvalue weighted by Gasteiger charge is 2.18. The van der Waals surface area contributed by atoms with Gasteiger partial charge in [0.15, 0.2) is 17.0 Å². The van der Waals surface area contributed by atoms with Crippen LogP contribution >= 0.6 is 0 Å². The maximum atomic E-state index is 10.1. The van der Waals surface area contributed by atoms with Crippen LogP contribution < -0.4 is 10.6 Å².